The molecule has 0 fully saturated rings. The van der Waals surface area contributed by atoms with Gasteiger partial charge in [-0.15, -0.1) is 0 Å². The zero-order valence-corrected chi connectivity index (χ0v) is 14.0. The maximum Gasteiger partial charge on any atom is 0.192 e. The smallest absolute Gasteiger partial charge is 0.192 e. The molecule has 0 radical (unpaired) electrons. The summed E-state index contributed by atoms with van der Waals surface area (Å²) in [6.07, 6.45) is 0. The van der Waals surface area contributed by atoms with E-state index in [2.05, 4.69) is 82.7 Å². The fourth-order valence-electron chi connectivity index (χ4n) is 3.31. The molecular formula is C22H21N3. The van der Waals surface area contributed by atoms with Crippen molar-refractivity contribution in [1.29, 1.82) is 0 Å². The Kier molecular flexibility index (Phi) is 4.21. The summed E-state index contributed by atoms with van der Waals surface area (Å²) in [6, 6.07) is 29.8. The zero-order valence-electron chi connectivity index (χ0n) is 14.0. The Balaban J connectivity index is 1.56. The van der Waals surface area contributed by atoms with Crippen molar-refractivity contribution in [2.45, 2.75) is 12.6 Å². The van der Waals surface area contributed by atoms with Crippen molar-refractivity contribution in [1.82, 2.24) is 4.90 Å². The Bertz CT molecular complexity index is 855. The minimum atomic E-state index is 0.199. The van der Waals surface area contributed by atoms with Gasteiger partial charge in [-0.25, -0.2) is 0 Å². The summed E-state index contributed by atoms with van der Waals surface area (Å²) in [5.74, 6) is 0.626. The predicted octanol–water partition coefficient (Wildman–Crippen LogP) is 4.23. The third-order valence-corrected chi connectivity index (χ3v) is 4.70. The van der Waals surface area contributed by atoms with E-state index in [1.807, 2.05) is 12.1 Å². The molecule has 0 saturated heterocycles. The molecule has 3 nitrogen and oxygen atoms in total. The second-order valence-corrected chi connectivity index (χ2v) is 6.32. The first-order valence-corrected chi connectivity index (χ1v) is 8.57. The Hall–Kier alpha value is -3.07. The number of hydrogen-bond acceptors (Lipinski definition) is 3. The van der Waals surface area contributed by atoms with Crippen molar-refractivity contribution < 1.29 is 0 Å². The fourth-order valence-corrected chi connectivity index (χ4v) is 3.31. The van der Waals surface area contributed by atoms with Crippen LogP contribution in [0.1, 0.15) is 17.2 Å². The van der Waals surface area contributed by atoms with E-state index in [0.717, 1.165) is 6.54 Å². The van der Waals surface area contributed by atoms with Crippen LogP contribution in [0.15, 0.2) is 89.9 Å². The predicted molar refractivity (Wildman–Crippen MR) is 103 cm³/mol. The van der Waals surface area contributed by atoms with E-state index >= 15 is 0 Å². The van der Waals surface area contributed by atoms with Crippen molar-refractivity contribution in [3.8, 4) is 11.1 Å². The van der Waals surface area contributed by atoms with Crippen LogP contribution >= 0.6 is 0 Å². The Morgan fingerprint density at radius 1 is 0.800 bits per heavy atom. The molecule has 0 aromatic heterocycles. The van der Waals surface area contributed by atoms with Crippen molar-refractivity contribution in [3.63, 3.8) is 0 Å². The summed E-state index contributed by atoms with van der Waals surface area (Å²) in [5.41, 5.74) is 11.1. The van der Waals surface area contributed by atoms with Gasteiger partial charge in [0.05, 0.1) is 12.6 Å². The maximum atomic E-state index is 6.15. The summed E-state index contributed by atoms with van der Waals surface area (Å²) < 4.78 is 0. The van der Waals surface area contributed by atoms with E-state index in [4.69, 9.17) is 5.73 Å². The highest BCUT2D eigenvalue weighted by molar-refractivity contribution is 5.80. The Morgan fingerprint density at radius 2 is 1.40 bits per heavy atom. The number of nitrogens with two attached hydrogens (primary N) is 1. The molecular weight excluding hydrogens is 306 g/mol. The topological polar surface area (TPSA) is 41.6 Å². The molecule has 0 amide bonds. The van der Waals surface area contributed by atoms with E-state index in [0.29, 0.717) is 12.5 Å². The molecule has 0 saturated carbocycles. The molecule has 4 rings (SSSR count). The molecule has 3 aromatic carbocycles. The molecule has 1 heterocycles. The average molecular weight is 327 g/mol. The zero-order chi connectivity index (χ0) is 17.1. The van der Waals surface area contributed by atoms with Gasteiger partial charge in [0.1, 0.15) is 0 Å². The lowest BCUT2D eigenvalue weighted by molar-refractivity contribution is 0.340. The van der Waals surface area contributed by atoms with Gasteiger partial charge in [-0.05, 0) is 22.3 Å². The molecule has 1 unspecified atom stereocenters. The lowest BCUT2D eigenvalue weighted by Crippen LogP contribution is -2.35. The summed E-state index contributed by atoms with van der Waals surface area (Å²) in [6.45, 7) is 1.49. The van der Waals surface area contributed by atoms with Gasteiger partial charge in [0.15, 0.2) is 5.96 Å². The molecule has 0 spiro atoms. The summed E-state index contributed by atoms with van der Waals surface area (Å²) in [4.78, 5) is 6.66. The van der Waals surface area contributed by atoms with E-state index in [-0.39, 0.29) is 6.04 Å². The summed E-state index contributed by atoms with van der Waals surface area (Å²) in [7, 11) is 0. The summed E-state index contributed by atoms with van der Waals surface area (Å²) >= 11 is 0. The van der Waals surface area contributed by atoms with Gasteiger partial charge >= 0.3 is 0 Å². The number of rotatable bonds is 4. The van der Waals surface area contributed by atoms with Gasteiger partial charge in [0.25, 0.3) is 0 Å². The third-order valence-electron chi connectivity index (χ3n) is 4.70. The van der Waals surface area contributed by atoms with E-state index in [1.54, 1.807) is 0 Å². The normalized spacial score (nSPS) is 16.7. The van der Waals surface area contributed by atoms with Crippen LogP contribution in [-0.4, -0.2) is 17.4 Å². The molecule has 124 valence electrons. The standard InChI is InChI=1S/C22H21N3/c23-22-24-15-21(25(22)16-17-7-3-1-4-8-17)20-13-11-19(12-14-20)18-9-5-2-6-10-18/h1-14,21H,15-16H2,(H2,23,24). The number of aliphatic imine (C=N–C) groups is 1. The van der Waals surface area contributed by atoms with Crippen molar-refractivity contribution in [2.24, 2.45) is 10.7 Å². The second kappa shape index (κ2) is 6.81. The summed E-state index contributed by atoms with van der Waals surface area (Å²) in [5, 5.41) is 0. The van der Waals surface area contributed by atoms with Crippen LogP contribution in [0.2, 0.25) is 0 Å². The van der Waals surface area contributed by atoms with Crippen LogP contribution in [0.25, 0.3) is 11.1 Å². The van der Waals surface area contributed by atoms with Crippen LogP contribution in [0.4, 0.5) is 0 Å². The number of nitrogens with zero attached hydrogens (tertiary/aromatic N) is 2. The van der Waals surface area contributed by atoms with Crippen LogP contribution in [0, 0.1) is 0 Å². The van der Waals surface area contributed by atoms with Gasteiger partial charge in [0, 0.05) is 6.54 Å². The van der Waals surface area contributed by atoms with Crippen LogP contribution in [0.5, 0.6) is 0 Å². The third kappa shape index (κ3) is 3.26. The molecule has 0 bridgehead atoms. The quantitative estimate of drug-likeness (QED) is 0.779. The van der Waals surface area contributed by atoms with E-state index in [1.165, 1.54) is 22.3 Å². The van der Waals surface area contributed by atoms with Gasteiger partial charge < -0.3 is 10.6 Å². The first-order valence-electron chi connectivity index (χ1n) is 8.57. The van der Waals surface area contributed by atoms with Gasteiger partial charge in [0.2, 0.25) is 0 Å². The Morgan fingerprint density at radius 3 is 2.08 bits per heavy atom. The fraction of sp³-hybridized carbons (Fsp3) is 0.136. The van der Waals surface area contributed by atoms with Crippen molar-refractivity contribution in [3.05, 3.63) is 96.1 Å². The number of guanidine groups is 1. The van der Waals surface area contributed by atoms with E-state index < -0.39 is 0 Å². The monoisotopic (exact) mass is 327 g/mol. The molecule has 25 heavy (non-hydrogen) atoms. The van der Waals surface area contributed by atoms with Crippen molar-refractivity contribution >= 4 is 5.96 Å². The first-order chi connectivity index (χ1) is 12.3. The second-order valence-electron chi connectivity index (χ2n) is 6.32. The van der Waals surface area contributed by atoms with Crippen LogP contribution in [-0.2, 0) is 6.54 Å². The number of hydrogen-bond donors (Lipinski definition) is 1. The molecule has 1 aliphatic heterocycles. The van der Waals surface area contributed by atoms with Gasteiger partial charge in [-0.2, -0.15) is 0 Å². The lowest BCUT2D eigenvalue weighted by atomic mass is 10.00. The van der Waals surface area contributed by atoms with Crippen LogP contribution in [0.3, 0.4) is 0 Å². The minimum absolute atomic E-state index is 0.199. The molecule has 1 aliphatic rings. The highest BCUT2D eigenvalue weighted by Crippen LogP contribution is 2.29. The Labute approximate surface area is 148 Å². The molecule has 2 N–H and O–H groups in total. The lowest BCUT2D eigenvalue weighted by Gasteiger charge is -2.27. The SMILES string of the molecule is NC1=NCC(c2ccc(-c3ccccc3)cc2)N1Cc1ccccc1. The van der Waals surface area contributed by atoms with Gasteiger partial charge in [-0.3, -0.25) is 4.99 Å². The first kappa shape index (κ1) is 15.5. The number of benzene rings is 3. The van der Waals surface area contributed by atoms with Gasteiger partial charge in [-0.1, -0.05) is 84.9 Å². The minimum Gasteiger partial charge on any atom is -0.370 e. The molecule has 0 aliphatic carbocycles. The largest absolute Gasteiger partial charge is 0.370 e. The molecule has 3 aromatic rings. The van der Waals surface area contributed by atoms with E-state index in [9.17, 15) is 0 Å². The maximum absolute atomic E-state index is 6.15. The average Bonchev–Trinajstić information content (AvgIpc) is 3.04. The molecule has 1 atom stereocenters. The van der Waals surface area contributed by atoms with Crippen LogP contribution < -0.4 is 5.73 Å². The highest BCUT2D eigenvalue weighted by Gasteiger charge is 2.27. The highest BCUT2D eigenvalue weighted by atomic mass is 15.3. The van der Waals surface area contributed by atoms with Crippen molar-refractivity contribution in [2.75, 3.05) is 6.54 Å². The molecule has 3 heteroatoms.